The Bertz CT molecular complexity index is 889. The van der Waals surface area contributed by atoms with Gasteiger partial charge in [0.1, 0.15) is 11.6 Å². The third-order valence-corrected chi connectivity index (χ3v) is 5.05. The first kappa shape index (κ1) is 23.7. The second-order valence-corrected chi connectivity index (χ2v) is 9.29. The predicted octanol–water partition coefficient (Wildman–Crippen LogP) is 4.64. The van der Waals surface area contributed by atoms with Gasteiger partial charge in [-0.1, -0.05) is 37.7 Å². The van der Waals surface area contributed by atoms with Crippen molar-refractivity contribution < 1.29 is 18.7 Å². The molecule has 0 saturated heterocycles. The van der Waals surface area contributed by atoms with E-state index in [1.54, 1.807) is 20.8 Å². The lowest BCUT2D eigenvalue weighted by molar-refractivity contribution is -0.113. The zero-order chi connectivity index (χ0) is 22.5. The fourth-order valence-electron chi connectivity index (χ4n) is 2.55. The maximum atomic E-state index is 12.3. The minimum absolute atomic E-state index is 0.00316. The molecule has 0 bridgehead atoms. The van der Waals surface area contributed by atoms with E-state index in [9.17, 15) is 9.59 Å². The number of nitrogens with zero attached hydrogens (tertiary/aromatic N) is 2. The lowest BCUT2D eigenvalue weighted by Gasteiger charge is -2.23. The third-order valence-electron chi connectivity index (χ3n) is 4.23. The molecular formula is C21H30N4O4S. The molecule has 9 heteroatoms. The number of aryl methyl sites for hydroxylation is 1. The van der Waals surface area contributed by atoms with Crippen molar-refractivity contribution in [3.8, 4) is 0 Å². The molecule has 2 N–H and O–H groups in total. The number of hydrogen-bond donors (Lipinski definition) is 2. The van der Waals surface area contributed by atoms with Gasteiger partial charge in [-0.15, -0.1) is 10.2 Å². The van der Waals surface area contributed by atoms with Crippen molar-refractivity contribution in [2.75, 3.05) is 11.1 Å². The fraction of sp³-hybridized carbons (Fsp3) is 0.524. The van der Waals surface area contributed by atoms with Gasteiger partial charge in [0.2, 0.25) is 11.8 Å². The molecule has 0 fully saturated rings. The van der Waals surface area contributed by atoms with Crippen molar-refractivity contribution in [2.45, 2.75) is 65.3 Å². The van der Waals surface area contributed by atoms with E-state index >= 15 is 0 Å². The van der Waals surface area contributed by atoms with Crippen LogP contribution in [0, 0.1) is 19.8 Å². The Hall–Kier alpha value is -2.55. The van der Waals surface area contributed by atoms with Crippen molar-refractivity contribution in [3.63, 3.8) is 0 Å². The Morgan fingerprint density at radius 2 is 1.90 bits per heavy atom. The SMILES string of the molecule is Cc1cccc(NC(=O)CSc2nnc(C(NC(=O)OC(C)(C)C)C(C)C)o2)c1C. The number of amides is 2. The number of anilines is 1. The zero-order valence-electron chi connectivity index (χ0n) is 18.5. The third kappa shape index (κ3) is 7.05. The molecule has 0 aliphatic rings. The molecule has 30 heavy (non-hydrogen) atoms. The molecule has 0 radical (unpaired) electrons. The Morgan fingerprint density at radius 1 is 1.20 bits per heavy atom. The van der Waals surface area contributed by atoms with E-state index in [2.05, 4.69) is 20.8 Å². The summed E-state index contributed by atoms with van der Waals surface area (Å²) in [6.45, 7) is 13.2. The van der Waals surface area contributed by atoms with Crippen LogP contribution in [0.25, 0.3) is 0 Å². The molecule has 0 aliphatic heterocycles. The van der Waals surface area contributed by atoms with Gasteiger partial charge < -0.3 is 19.8 Å². The second kappa shape index (κ2) is 9.97. The van der Waals surface area contributed by atoms with Crippen LogP contribution in [0.4, 0.5) is 10.5 Å². The molecule has 0 aliphatic carbocycles. The van der Waals surface area contributed by atoms with E-state index in [1.165, 1.54) is 0 Å². The van der Waals surface area contributed by atoms with Crippen LogP contribution >= 0.6 is 11.8 Å². The van der Waals surface area contributed by atoms with Crippen molar-refractivity contribution in [2.24, 2.45) is 5.92 Å². The van der Waals surface area contributed by atoms with Crippen LogP contribution in [0.15, 0.2) is 27.8 Å². The van der Waals surface area contributed by atoms with Gasteiger partial charge in [0.15, 0.2) is 0 Å². The van der Waals surface area contributed by atoms with Crippen molar-refractivity contribution in [1.29, 1.82) is 0 Å². The van der Waals surface area contributed by atoms with Crippen LogP contribution in [0.3, 0.4) is 0 Å². The highest BCUT2D eigenvalue weighted by Gasteiger charge is 2.27. The number of carbonyl (C=O) groups is 2. The van der Waals surface area contributed by atoms with Crippen LogP contribution in [-0.4, -0.2) is 33.6 Å². The van der Waals surface area contributed by atoms with Crippen LogP contribution in [0.1, 0.15) is 57.7 Å². The molecule has 1 aromatic heterocycles. The van der Waals surface area contributed by atoms with Gasteiger partial charge in [0, 0.05) is 5.69 Å². The summed E-state index contributed by atoms with van der Waals surface area (Å²) in [6.07, 6.45) is -0.554. The molecule has 8 nitrogen and oxygen atoms in total. The molecule has 2 aromatic rings. The maximum Gasteiger partial charge on any atom is 0.408 e. The lowest BCUT2D eigenvalue weighted by Crippen LogP contribution is -2.37. The number of nitrogens with one attached hydrogen (secondary N) is 2. The number of benzene rings is 1. The normalized spacial score (nSPS) is 12.5. The standard InChI is InChI=1S/C21H30N4O4S/c1-12(2)17(23-19(27)29-21(5,6)7)18-24-25-20(28-18)30-11-16(26)22-15-10-8-9-13(3)14(15)4/h8-10,12,17H,11H2,1-7H3,(H,22,26)(H,23,27). The Kier molecular flexibility index (Phi) is 7.89. The first-order valence-corrected chi connectivity index (χ1v) is 10.8. The summed E-state index contributed by atoms with van der Waals surface area (Å²) in [5.41, 5.74) is 2.32. The number of rotatable bonds is 7. The minimum atomic E-state index is -0.607. The van der Waals surface area contributed by atoms with Gasteiger partial charge in [-0.05, 0) is 57.7 Å². The molecule has 1 heterocycles. The average Bonchev–Trinajstić information content (AvgIpc) is 3.09. The van der Waals surface area contributed by atoms with Gasteiger partial charge in [0.05, 0.1) is 5.75 Å². The van der Waals surface area contributed by atoms with Crippen LogP contribution in [0.5, 0.6) is 0 Å². The highest BCUT2D eigenvalue weighted by Crippen LogP contribution is 2.25. The lowest BCUT2D eigenvalue weighted by atomic mass is 10.1. The molecule has 1 unspecified atom stereocenters. The highest BCUT2D eigenvalue weighted by atomic mass is 32.2. The number of aromatic nitrogens is 2. The molecular weight excluding hydrogens is 404 g/mol. The van der Waals surface area contributed by atoms with E-state index in [-0.39, 0.29) is 28.7 Å². The number of carbonyl (C=O) groups excluding carboxylic acids is 2. The van der Waals surface area contributed by atoms with Crippen molar-refractivity contribution >= 4 is 29.4 Å². The fourth-order valence-corrected chi connectivity index (χ4v) is 3.12. The second-order valence-electron chi connectivity index (χ2n) is 8.36. The summed E-state index contributed by atoms with van der Waals surface area (Å²) in [5, 5.41) is 13.9. The first-order chi connectivity index (χ1) is 14.0. The number of ether oxygens (including phenoxy) is 1. The summed E-state index contributed by atoms with van der Waals surface area (Å²) in [5.74, 6) is 0.235. The van der Waals surface area contributed by atoms with Crippen molar-refractivity contribution in [3.05, 3.63) is 35.2 Å². The van der Waals surface area contributed by atoms with Crippen LogP contribution in [-0.2, 0) is 9.53 Å². The molecule has 164 valence electrons. The number of alkyl carbamates (subject to hydrolysis) is 1. The molecule has 1 atom stereocenters. The Labute approximate surface area is 181 Å². The van der Waals surface area contributed by atoms with Gasteiger partial charge in [-0.3, -0.25) is 4.79 Å². The summed E-state index contributed by atoms with van der Waals surface area (Å²) >= 11 is 1.14. The molecule has 2 amide bonds. The monoisotopic (exact) mass is 434 g/mol. The summed E-state index contributed by atoms with van der Waals surface area (Å²) in [7, 11) is 0. The average molecular weight is 435 g/mol. The molecule has 1 aromatic carbocycles. The topological polar surface area (TPSA) is 106 Å². The van der Waals surface area contributed by atoms with Gasteiger partial charge >= 0.3 is 6.09 Å². The highest BCUT2D eigenvalue weighted by molar-refractivity contribution is 7.99. The first-order valence-electron chi connectivity index (χ1n) is 9.78. The van der Waals surface area contributed by atoms with Crippen LogP contribution in [0.2, 0.25) is 0 Å². The quantitative estimate of drug-likeness (QED) is 0.611. The number of hydrogen-bond acceptors (Lipinski definition) is 7. The van der Waals surface area contributed by atoms with Gasteiger partial charge in [-0.25, -0.2) is 4.79 Å². The summed E-state index contributed by atoms with van der Waals surface area (Å²) in [4.78, 5) is 24.4. The van der Waals surface area contributed by atoms with E-state index in [0.29, 0.717) is 0 Å². The van der Waals surface area contributed by atoms with Gasteiger partial charge in [-0.2, -0.15) is 0 Å². The molecule has 0 saturated carbocycles. The van der Waals surface area contributed by atoms with Crippen molar-refractivity contribution in [1.82, 2.24) is 15.5 Å². The summed E-state index contributed by atoms with van der Waals surface area (Å²) < 4.78 is 11.0. The van der Waals surface area contributed by atoms with E-state index in [4.69, 9.17) is 9.15 Å². The van der Waals surface area contributed by atoms with E-state index in [0.717, 1.165) is 28.6 Å². The Morgan fingerprint density at radius 3 is 2.53 bits per heavy atom. The number of thioether (sulfide) groups is 1. The zero-order valence-corrected chi connectivity index (χ0v) is 19.3. The van der Waals surface area contributed by atoms with Crippen LogP contribution < -0.4 is 10.6 Å². The summed E-state index contributed by atoms with van der Waals surface area (Å²) in [6, 6.07) is 5.27. The molecule has 2 rings (SSSR count). The maximum absolute atomic E-state index is 12.3. The minimum Gasteiger partial charge on any atom is -0.444 e. The largest absolute Gasteiger partial charge is 0.444 e. The predicted molar refractivity (Wildman–Crippen MR) is 117 cm³/mol. The van der Waals surface area contributed by atoms with Gasteiger partial charge in [0.25, 0.3) is 5.22 Å². The van der Waals surface area contributed by atoms with E-state index < -0.39 is 17.7 Å². The molecule has 0 spiro atoms. The van der Waals surface area contributed by atoms with E-state index in [1.807, 2.05) is 45.9 Å². The Balaban J connectivity index is 1.96. The smallest absolute Gasteiger partial charge is 0.408 e.